The normalized spacial score (nSPS) is 10.4. The maximum absolute atomic E-state index is 11.9. The Kier molecular flexibility index (Phi) is 5.96. The van der Waals surface area contributed by atoms with Gasteiger partial charge >= 0.3 is 0 Å². The molecular formula is C17H17BrO2. The molecule has 104 valence electrons. The first-order valence-corrected chi connectivity index (χ1v) is 7.45. The van der Waals surface area contributed by atoms with Crippen LogP contribution in [0.2, 0.25) is 0 Å². The molecule has 0 aromatic heterocycles. The largest absolute Gasteiger partial charge is 0.377 e. The van der Waals surface area contributed by atoms with Gasteiger partial charge in [-0.3, -0.25) is 4.79 Å². The maximum atomic E-state index is 11.9. The first kappa shape index (κ1) is 14.9. The highest BCUT2D eigenvalue weighted by Gasteiger charge is 2.04. The maximum Gasteiger partial charge on any atom is 0.162 e. The second-order valence-corrected chi connectivity index (χ2v) is 5.49. The first-order chi connectivity index (χ1) is 9.75. The highest BCUT2D eigenvalue weighted by Crippen LogP contribution is 2.11. The van der Waals surface area contributed by atoms with Gasteiger partial charge in [0, 0.05) is 23.1 Å². The number of carbonyl (C=O) groups excluding carboxylic acids is 1. The minimum absolute atomic E-state index is 0.179. The quantitative estimate of drug-likeness (QED) is 0.545. The van der Waals surface area contributed by atoms with Gasteiger partial charge in [-0.15, -0.1) is 0 Å². The van der Waals surface area contributed by atoms with Crippen LogP contribution >= 0.6 is 15.9 Å². The standard InChI is InChI=1S/C17H17BrO2/c18-16-10-8-14(9-11-16)13-20-12-4-7-17(19)15-5-2-1-3-6-15/h1-3,5-6,8-11H,4,7,12-13H2. The monoisotopic (exact) mass is 332 g/mol. The van der Waals surface area contributed by atoms with Gasteiger partial charge in [-0.05, 0) is 24.1 Å². The fourth-order valence-corrected chi connectivity index (χ4v) is 2.14. The van der Waals surface area contributed by atoms with Crippen LogP contribution in [-0.4, -0.2) is 12.4 Å². The lowest BCUT2D eigenvalue weighted by Crippen LogP contribution is -2.02. The summed E-state index contributed by atoms with van der Waals surface area (Å²) in [7, 11) is 0. The minimum atomic E-state index is 0.179. The third-order valence-corrected chi connectivity index (χ3v) is 3.50. The van der Waals surface area contributed by atoms with Gasteiger partial charge in [0.25, 0.3) is 0 Å². The molecule has 0 spiro atoms. The zero-order chi connectivity index (χ0) is 14.2. The molecule has 0 radical (unpaired) electrons. The van der Waals surface area contributed by atoms with E-state index in [2.05, 4.69) is 15.9 Å². The summed E-state index contributed by atoms with van der Waals surface area (Å²) in [5, 5.41) is 0. The Hall–Kier alpha value is -1.45. The summed E-state index contributed by atoms with van der Waals surface area (Å²) in [5.41, 5.74) is 1.92. The molecule has 2 rings (SSSR count). The van der Waals surface area contributed by atoms with Crippen LogP contribution in [0.3, 0.4) is 0 Å². The summed E-state index contributed by atoms with van der Waals surface area (Å²) in [6, 6.07) is 17.4. The second kappa shape index (κ2) is 7.98. The predicted octanol–water partition coefficient (Wildman–Crippen LogP) is 4.63. The van der Waals surface area contributed by atoms with Crippen LogP contribution in [0.15, 0.2) is 59.1 Å². The molecule has 3 heteroatoms. The van der Waals surface area contributed by atoms with E-state index in [-0.39, 0.29) is 5.78 Å². The van der Waals surface area contributed by atoms with Crippen LogP contribution in [0.5, 0.6) is 0 Å². The Labute approximate surface area is 127 Å². The van der Waals surface area contributed by atoms with E-state index in [0.29, 0.717) is 19.6 Å². The van der Waals surface area contributed by atoms with E-state index in [9.17, 15) is 4.79 Å². The van der Waals surface area contributed by atoms with Gasteiger partial charge in [0.15, 0.2) is 5.78 Å². The van der Waals surface area contributed by atoms with Gasteiger partial charge in [0.2, 0.25) is 0 Å². The van der Waals surface area contributed by atoms with E-state index in [0.717, 1.165) is 22.0 Å². The van der Waals surface area contributed by atoms with E-state index >= 15 is 0 Å². The number of hydrogen-bond donors (Lipinski definition) is 0. The van der Waals surface area contributed by atoms with E-state index in [1.807, 2.05) is 54.6 Å². The Balaban J connectivity index is 1.64. The molecule has 20 heavy (non-hydrogen) atoms. The highest BCUT2D eigenvalue weighted by molar-refractivity contribution is 9.10. The van der Waals surface area contributed by atoms with Crippen molar-refractivity contribution in [3.8, 4) is 0 Å². The highest BCUT2D eigenvalue weighted by atomic mass is 79.9. The van der Waals surface area contributed by atoms with E-state index in [1.54, 1.807) is 0 Å². The van der Waals surface area contributed by atoms with Crippen molar-refractivity contribution < 1.29 is 9.53 Å². The number of rotatable bonds is 7. The SMILES string of the molecule is O=C(CCCOCc1ccc(Br)cc1)c1ccccc1. The van der Waals surface area contributed by atoms with Crippen LogP contribution < -0.4 is 0 Å². The molecular weight excluding hydrogens is 316 g/mol. The number of ether oxygens (including phenoxy) is 1. The van der Waals surface area contributed by atoms with Gasteiger partial charge in [-0.2, -0.15) is 0 Å². The molecule has 0 saturated carbocycles. The van der Waals surface area contributed by atoms with Crippen LogP contribution in [0.25, 0.3) is 0 Å². The summed E-state index contributed by atoms with van der Waals surface area (Å²) in [4.78, 5) is 11.9. The molecule has 0 fully saturated rings. The van der Waals surface area contributed by atoms with Gasteiger partial charge < -0.3 is 4.74 Å². The van der Waals surface area contributed by atoms with Crippen molar-refractivity contribution in [3.63, 3.8) is 0 Å². The van der Waals surface area contributed by atoms with Gasteiger partial charge in [0.05, 0.1) is 6.61 Å². The van der Waals surface area contributed by atoms with Gasteiger partial charge in [0.1, 0.15) is 0 Å². The summed E-state index contributed by atoms with van der Waals surface area (Å²) in [6.45, 7) is 1.20. The van der Waals surface area contributed by atoms with Crippen molar-refractivity contribution >= 4 is 21.7 Å². The van der Waals surface area contributed by atoms with Crippen LogP contribution in [0.4, 0.5) is 0 Å². The molecule has 0 saturated heterocycles. The Morgan fingerprint density at radius 3 is 2.40 bits per heavy atom. The van der Waals surface area contributed by atoms with E-state index < -0.39 is 0 Å². The average Bonchev–Trinajstić information content (AvgIpc) is 2.49. The minimum Gasteiger partial charge on any atom is -0.377 e. The predicted molar refractivity (Wildman–Crippen MR) is 83.8 cm³/mol. The Bertz CT molecular complexity index is 535. The van der Waals surface area contributed by atoms with Crippen LogP contribution in [0, 0.1) is 0 Å². The fourth-order valence-electron chi connectivity index (χ4n) is 1.87. The molecule has 0 aliphatic heterocycles. The third kappa shape index (κ3) is 4.91. The number of benzene rings is 2. The summed E-state index contributed by atoms with van der Waals surface area (Å²) < 4.78 is 6.64. The summed E-state index contributed by atoms with van der Waals surface area (Å²) >= 11 is 3.40. The smallest absolute Gasteiger partial charge is 0.162 e. The molecule has 0 heterocycles. The summed E-state index contributed by atoms with van der Waals surface area (Å²) in [6.07, 6.45) is 1.29. The summed E-state index contributed by atoms with van der Waals surface area (Å²) in [5.74, 6) is 0.179. The third-order valence-electron chi connectivity index (χ3n) is 2.97. The lowest BCUT2D eigenvalue weighted by atomic mass is 10.1. The zero-order valence-corrected chi connectivity index (χ0v) is 12.8. The Morgan fingerprint density at radius 1 is 1.00 bits per heavy atom. The average molecular weight is 333 g/mol. The van der Waals surface area contributed by atoms with Gasteiger partial charge in [-0.1, -0.05) is 58.4 Å². The van der Waals surface area contributed by atoms with Crippen molar-refractivity contribution in [3.05, 3.63) is 70.2 Å². The second-order valence-electron chi connectivity index (χ2n) is 4.57. The molecule has 0 atom stereocenters. The fraction of sp³-hybridized carbons (Fsp3) is 0.235. The lowest BCUT2D eigenvalue weighted by molar-refractivity contribution is 0.0919. The van der Waals surface area contributed by atoms with Crippen molar-refractivity contribution in [2.75, 3.05) is 6.61 Å². The molecule has 0 bridgehead atoms. The van der Waals surface area contributed by atoms with E-state index in [1.165, 1.54) is 0 Å². The number of Topliss-reactive ketones (excluding diaryl/α,β-unsaturated/α-hetero) is 1. The van der Waals surface area contributed by atoms with Crippen LogP contribution in [0.1, 0.15) is 28.8 Å². The number of ketones is 1. The topological polar surface area (TPSA) is 26.3 Å². The molecule has 0 N–H and O–H groups in total. The van der Waals surface area contributed by atoms with Crippen molar-refractivity contribution in [2.45, 2.75) is 19.4 Å². The molecule has 0 aliphatic rings. The Morgan fingerprint density at radius 2 is 1.70 bits per heavy atom. The van der Waals surface area contributed by atoms with Gasteiger partial charge in [-0.25, -0.2) is 0 Å². The van der Waals surface area contributed by atoms with Crippen molar-refractivity contribution in [2.24, 2.45) is 0 Å². The molecule has 2 aromatic rings. The molecule has 0 unspecified atom stereocenters. The van der Waals surface area contributed by atoms with Crippen molar-refractivity contribution in [1.29, 1.82) is 0 Å². The van der Waals surface area contributed by atoms with E-state index in [4.69, 9.17) is 4.74 Å². The van der Waals surface area contributed by atoms with Crippen LogP contribution in [-0.2, 0) is 11.3 Å². The number of carbonyl (C=O) groups is 1. The molecule has 0 aliphatic carbocycles. The lowest BCUT2D eigenvalue weighted by Gasteiger charge is -2.04. The number of hydrogen-bond acceptors (Lipinski definition) is 2. The molecule has 0 amide bonds. The zero-order valence-electron chi connectivity index (χ0n) is 11.2. The molecule has 2 aromatic carbocycles. The first-order valence-electron chi connectivity index (χ1n) is 6.66. The number of halogens is 1. The molecule has 2 nitrogen and oxygen atoms in total. The van der Waals surface area contributed by atoms with Crippen molar-refractivity contribution in [1.82, 2.24) is 0 Å².